The van der Waals surface area contributed by atoms with Crippen LogP contribution in [0, 0.1) is 0 Å². The largest absolute Gasteiger partial charge is 0.361 e. The van der Waals surface area contributed by atoms with Gasteiger partial charge in [0, 0.05) is 47.5 Å². The number of H-pyrrole nitrogens is 1. The predicted octanol–water partition coefficient (Wildman–Crippen LogP) is 5.78. The number of hydrogen-bond acceptors (Lipinski definition) is 4. The molecular formula is C28H28N4O2S. The molecule has 1 saturated heterocycles. The summed E-state index contributed by atoms with van der Waals surface area (Å²) in [5.41, 5.74) is 4.88. The van der Waals surface area contributed by atoms with Crippen LogP contribution in [-0.4, -0.2) is 39.8 Å². The Balaban J connectivity index is 1.23. The highest BCUT2D eigenvalue weighted by Gasteiger charge is 2.32. The molecule has 178 valence electrons. The molecule has 35 heavy (non-hydrogen) atoms. The molecule has 0 unspecified atom stereocenters. The molecule has 1 fully saturated rings. The molecule has 2 amide bonds. The molecule has 3 aromatic heterocycles. The monoisotopic (exact) mass is 484 g/mol. The topological polar surface area (TPSA) is 78.1 Å². The van der Waals surface area contributed by atoms with Gasteiger partial charge in [0.25, 0.3) is 11.8 Å². The van der Waals surface area contributed by atoms with Crippen molar-refractivity contribution < 1.29 is 9.59 Å². The summed E-state index contributed by atoms with van der Waals surface area (Å²) < 4.78 is 0. The number of anilines is 1. The van der Waals surface area contributed by atoms with Gasteiger partial charge in [-0.2, -0.15) is 0 Å². The predicted molar refractivity (Wildman–Crippen MR) is 139 cm³/mol. The number of carbonyl (C=O) groups is 2. The summed E-state index contributed by atoms with van der Waals surface area (Å²) in [5, 5.41) is 5.01. The van der Waals surface area contributed by atoms with Crippen molar-refractivity contribution in [2.45, 2.75) is 44.4 Å². The van der Waals surface area contributed by atoms with Crippen LogP contribution in [0.15, 0.2) is 55.0 Å². The van der Waals surface area contributed by atoms with Crippen LogP contribution in [0.2, 0.25) is 0 Å². The lowest BCUT2D eigenvalue weighted by molar-refractivity contribution is 0.0713. The number of para-hydroxylation sites is 1. The van der Waals surface area contributed by atoms with Crippen LogP contribution in [0.4, 0.5) is 5.00 Å². The van der Waals surface area contributed by atoms with Crippen molar-refractivity contribution in [1.82, 2.24) is 14.9 Å². The first-order chi connectivity index (χ1) is 17.2. The van der Waals surface area contributed by atoms with Crippen molar-refractivity contribution in [2.24, 2.45) is 0 Å². The summed E-state index contributed by atoms with van der Waals surface area (Å²) in [6, 6.07) is 11.9. The van der Waals surface area contributed by atoms with E-state index in [-0.39, 0.29) is 11.8 Å². The number of aromatic nitrogens is 2. The molecule has 1 aromatic carbocycles. The third kappa shape index (κ3) is 4.14. The molecule has 2 N–H and O–H groups in total. The van der Waals surface area contributed by atoms with E-state index in [4.69, 9.17) is 0 Å². The summed E-state index contributed by atoms with van der Waals surface area (Å²) in [6.45, 7) is 1.45. The van der Waals surface area contributed by atoms with Gasteiger partial charge in [0.2, 0.25) is 0 Å². The normalized spacial score (nSPS) is 16.3. The second kappa shape index (κ2) is 9.30. The molecule has 6 nitrogen and oxygen atoms in total. The van der Waals surface area contributed by atoms with Gasteiger partial charge in [-0.05, 0) is 73.8 Å². The standard InChI is InChI=1S/C28H28N4O2S/c33-26(19-6-5-13-29-16-19)31-27-25(21-8-2-4-10-24(21)35-27)28(34)32-14-11-18(12-15-32)22-17-30-23-9-3-1-7-20(22)23/h1,3,5-7,9,13,16-18,30H,2,4,8,10-12,14-15H2,(H,31,33). The van der Waals surface area contributed by atoms with Gasteiger partial charge in [0.15, 0.2) is 0 Å². The molecule has 1 aliphatic carbocycles. The third-order valence-corrected chi connectivity index (χ3v) is 8.59. The highest BCUT2D eigenvalue weighted by molar-refractivity contribution is 7.17. The van der Waals surface area contributed by atoms with Gasteiger partial charge in [-0.25, -0.2) is 0 Å². The number of rotatable bonds is 4. The van der Waals surface area contributed by atoms with Crippen LogP contribution >= 0.6 is 11.3 Å². The van der Waals surface area contributed by atoms with Gasteiger partial charge >= 0.3 is 0 Å². The number of fused-ring (bicyclic) bond motifs is 2. The van der Waals surface area contributed by atoms with Crippen LogP contribution in [0.3, 0.4) is 0 Å². The molecule has 0 saturated carbocycles. The van der Waals surface area contributed by atoms with Crippen molar-refractivity contribution in [2.75, 3.05) is 18.4 Å². The minimum absolute atomic E-state index is 0.0586. The molecule has 1 aliphatic heterocycles. The van der Waals surface area contributed by atoms with Crippen molar-refractivity contribution >= 4 is 39.1 Å². The summed E-state index contributed by atoms with van der Waals surface area (Å²) in [5.74, 6) is 0.281. The quantitative estimate of drug-likeness (QED) is 0.386. The van der Waals surface area contributed by atoms with E-state index in [9.17, 15) is 9.59 Å². The molecule has 7 heteroatoms. The first-order valence-electron chi connectivity index (χ1n) is 12.4. The lowest BCUT2D eigenvalue weighted by atomic mass is 9.88. The van der Waals surface area contributed by atoms with Gasteiger partial charge in [0.1, 0.15) is 5.00 Å². The van der Waals surface area contributed by atoms with Gasteiger partial charge < -0.3 is 15.2 Å². The zero-order chi connectivity index (χ0) is 23.8. The Labute approximate surface area is 208 Å². The first-order valence-corrected chi connectivity index (χ1v) is 13.2. The fourth-order valence-electron chi connectivity index (χ4n) is 5.54. The van der Waals surface area contributed by atoms with Crippen molar-refractivity contribution in [1.29, 1.82) is 0 Å². The fraction of sp³-hybridized carbons (Fsp3) is 0.321. The van der Waals surface area contributed by atoms with E-state index in [2.05, 4.69) is 45.7 Å². The minimum atomic E-state index is -0.219. The summed E-state index contributed by atoms with van der Waals surface area (Å²) in [7, 11) is 0. The van der Waals surface area contributed by atoms with Crippen molar-refractivity contribution in [3.63, 3.8) is 0 Å². The highest BCUT2D eigenvalue weighted by atomic mass is 32.1. The van der Waals surface area contributed by atoms with Crippen LogP contribution < -0.4 is 5.32 Å². The Hall–Kier alpha value is -3.45. The lowest BCUT2D eigenvalue weighted by Gasteiger charge is -2.32. The maximum Gasteiger partial charge on any atom is 0.257 e. The second-order valence-corrected chi connectivity index (χ2v) is 10.6. The zero-order valence-electron chi connectivity index (χ0n) is 19.5. The summed E-state index contributed by atoms with van der Waals surface area (Å²) in [4.78, 5) is 37.4. The smallest absolute Gasteiger partial charge is 0.257 e. The maximum atomic E-state index is 13.8. The van der Waals surface area contributed by atoms with Gasteiger partial charge in [-0.15, -0.1) is 11.3 Å². The number of nitrogens with zero attached hydrogens (tertiary/aromatic N) is 2. The van der Waals surface area contributed by atoms with Crippen LogP contribution in [-0.2, 0) is 12.8 Å². The molecule has 0 radical (unpaired) electrons. The third-order valence-electron chi connectivity index (χ3n) is 7.38. The number of piperidine rings is 1. The molecule has 2 aliphatic rings. The van der Waals surface area contributed by atoms with E-state index in [0.717, 1.165) is 57.2 Å². The fourth-order valence-corrected chi connectivity index (χ4v) is 6.81. The number of aromatic amines is 1. The Morgan fingerprint density at radius 1 is 1.06 bits per heavy atom. The maximum absolute atomic E-state index is 13.8. The molecule has 4 aromatic rings. The number of amides is 2. The van der Waals surface area contributed by atoms with Crippen molar-refractivity contribution in [3.8, 4) is 0 Å². The van der Waals surface area contributed by atoms with E-state index >= 15 is 0 Å². The van der Waals surface area contributed by atoms with E-state index < -0.39 is 0 Å². The Kier molecular flexibility index (Phi) is 5.86. The molecule has 0 spiro atoms. The van der Waals surface area contributed by atoms with Gasteiger partial charge in [0.05, 0.1) is 11.1 Å². The van der Waals surface area contributed by atoms with E-state index in [1.807, 2.05) is 4.90 Å². The Morgan fingerprint density at radius 2 is 1.89 bits per heavy atom. The summed E-state index contributed by atoms with van der Waals surface area (Å²) in [6.07, 6.45) is 11.3. The average molecular weight is 485 g/mol. The summed E-state index contributed by atoms with van der Waals surface area (Å²) >= 11 is 1.57. The van der Waals surface area contributed by atoms with E-state index in [1.54, 1.807) is 35.9 Å². The molecule has 0 bridgehead atoms. The van der Waals surface area contributed by atoms with E-state index in [1.165, 1.54) is 21.3 Å². The first kappa shape index (κ1) is 22.0. The number of aryl methyl sites for hydroxylation is 1. The van der Waals surface area contributed by atoms with Crippen LogP contribution in [0.1, 0.15) is 68.3 Å². The number of nitrogens with one attached hydrogen (secondary N) is 2. The average Bonchev–Trinajstić information content (AvgIpc) is 3.50. The Bertz CT molecular complexity index is 1380. The molecule has 4 heterocycles. The second-order valence-electron chi connectivity index (χ2n) is 9.47. The van der Waals surface area contributed by atoms with Gasteiger partial charge in [-0.1, -0.05) is 18.2 Å². The number of likely N-dealkylation sites (tertiary alicyclic amines) is 1. The van der Waals surface area contributed by atoms with E-state index in [0.29, 0.717) is 22.0 Å². The molecule has 6 rings (SSSR count). The number of pyridine rings is 1. The van der Waals surface area contributed by atoms with Crippen molar-refractivity contribution in [3.05, 3.63) is 82.1 Å². The number of carbonyl (C=O) groups excluding carboxylic acids is 2. The lowest BCUT2D eigenvalue weighted by Crippen LogP contribution is -2.38. The SMILES string of the molecule is O=C(Nc1sc2c(c1C(=O)N1CCC(c3c[nH]c4ccccc34)CC1)CCCC2)c1cccnc1. The number of hydrogen-bond donors (Lipinski definition) is 2. The minimum Gasteiger partial charge on any atom is -0.361 e. The Morgan fingerprint density at radius 3 is 2.71 bits per heavy atom. The molecule has 0 atom stereocenters. The molecular weight excluding hydrogens is 456 g/mol. The number of benzene rings is 1. The zero-order valence-corrected chi connectivity index (χ0v) is 20.4. The van der Waals surface area contributed by atoms with Crippen LogP contribution in [0.25, 0.3) is 10.9 Å². The highest BCUT2D eigenvalue weighted by Crippen LogP contribution is 2.40. The van der Waals surface area contributed by atoms with Crippen LogP contribution in [0.5, 0.6) is 0 Å². The van der Waals surface area contributed by atoms with Gasteiger partial charge in [-0.3, -0.25) is 14.6 Å². The number of thiophene rings is 1.